The number of halogens is 1. The molecule has 1 fully saturated rings. The molecule has 0 unspecified atom stereocenters. The number of thioether (sulfide) groups is 1. The van der Waals surface area contributed by atoms with Crippen molar-refractivity contribution in [2.75, 3.05) is 14.2 Å². The highest BCUT2D eigenvalue weighted by molar-refractivity contribution is 8.18. The number of nitrogens with zero attached hydrogens (tertiary/aromatic N) is 2. The van der Waals surface area contributed by atoms with Gasteiger partial charge in [-0.2, -0.15) is 0 Å². The van der Waals surface area contributed by atoms with E-state index in [9.17, 15) is 4.79 Å². The van der Waals surface area contributed by atoms with Crippen molar-refractivity contribution in [3.8, 4) is 11.5 Å². The van der Waals surface area contributed by atoms with Gasteiger partial charge in [0.2, 0.25) is 0 Å². The fraction of sp³-hybridized carbons (Fsp3) is 0.154. The van der Waals surface area contributed by atoms with Gasteiger partial charge in [-0.15, -0.1) is 0 Å². The van der Waals surface area contributed by atoms with Crippen molar-refractivity contribution in [3.63, 3.8) is 0 Å². The van der Waals surface area contributed by atoms with Gasteiger partial charge in [-0.3, -0.25) is 9.69 Å². The lowest BCUT2D eigenvalue weighted by Crippen LogP contribution is -2.32. The molecule has 0 spiro atoms. The summed E-state index contributed by atoms with van der Waals surface area (Å²) in [7, 11) is 3.11. The van der Waals surface area contributed by atoms with E-state index in [0.29, 0.717) is 32.2 Å². The summed E-state index contributed by atoms with van der Waals surface area (Å²) in [6.07, 6.45) is 1.77. The molecule has 1 amide bonds. The second-order valence-corrected chi connectivity index (χ2v) is 8.75. The Morgan fingerprint density at radius 2 is 1.58 bits per heavy atom. The minimum absolute atomic E-state index is 0.128. The van der Waals surface area contributed by atoms with Crippen molar-refractivity contribution in [2.24, 2.45) is 4.99 Å². The lowest BCUT2D eigenvalue weighted by atomic mass is 10.1. The average Bonchev–Trinajstić information content (AvgIpc) is 3.14. The Labute approximate surface area is 202 Å². The summed E-state index contributed by atoms with van der Waals surface area (Å²) in [6.45, 7) is 2.00. The first-order valence-corrected chi connectivity index (χ1v) is 11.5. The number of methoxy groups -OCH3 is 2. The van der Waals surface area contributed by atoms with Crippen molar-refractivity contribution < 1.29 is 14.3 Å². The molecule has 33 heavy (non-hydrogen) atoms. The molecule has 0 aliphatic carbocycles. The third kappa shape index (κ3) is 4.92. The highest BCUT2D eigenvalue weighted by Gasteiger charge is 2.37. The minimum atomic E-state index is -0.194. The maximum Gasteiger partial charge on any atom is 0.267 e. The number of carbonyl (C=O) groups excluding carboxylic acids is 1. The van der Waals surface area contributed by atoms with Crippen LogP contribution >= 0.6 is 23.4 Å². The molecule has 3 aromatic carbocycles. The van der Waals surface area contributed by atoms with Crippen LogP contribution < -0.4 is 9.47 Å². The van der Waals surface area contributed by atoms with Crippen molar-refractivity contribution in [1.29, 1.82) is 0 Å². The number of aliphatic imine (C=N–C) groups is 1. The molecular formula is C26H23ClN2O3S. The molecule has 1 saturated heterocycles. The van der Waals surface area contributed by atoms with E-state index in [2.05, 4.69) is 0 Å². The molecule has 1 aliphatic rings. The number of ether oxygens (including phenoxy) is 2. The van der Waals surface area contributed by atoms with Crippen LogP contribution in [0, 0.1) is 0 Å². The molecule has 0 N–H and O–H groups in total. The zero-order valence-electron chi connectivity index (χ0n) is 18.5. The van der Waals surface area contributed by atoms with Gasteiger partial charge in [0.05, 0.1) is 35.9 Å². The number of rotatable bonds is 6. The third-order valence-corrected chi connectivity index (χ3v) is 6.59. The number of amides is 1. The maximum atomic E-state index is 13.6. The molecule has 3 aromatic rings. The summed E-state index contributed by atoms with van der Waals surface area (Å²) in [4.78, 5) is 20.6. The van der Waals surface area contributed by atoms with E-state index >= 15 is 0 Å². The first kappa shape index (κ1) is 23.0. The van der Waals surface area contributed by atoms with E-state index in [1.54, 1.807) is 37.3 Å². The number of hydrogen-bond acceptors (Lipinski definition) is 5. The van der Waals surface area contributed by atoms with Crippen molar-refractivity contribution in [1.82, 2.24) is 4.90 Å². The number of carbonyl (C=O) groups is 1. The SMILES string of the molecule is COc1cc(Cl)c(/C=C2/SC(=Nc3ccccc3)N([C@@H](C)c3ccccc3)C2=O)cc1OC. The van der Waals surface area contributed by atoms with Crippen LogP contribution in [0.4, 0.5) is 5.69 Å². The summed E-state index contributed by atoms with van der Waals surface area (Å²) >= 11 is 7.81. The largest absolute Gasteiger partial charge is 0.493 e. The van der Waals surface area contributed by atoms with Gasteiger partial charge in [0.15, 0.2) is 16.7 Å². The van der Waals surface area contributed by atoms with Crippen molar-refractivity contribution in [3.05, 3.63) is 93.9 Å². The Kier molecular flexibility index (Phi) is 7.06. The minimum Gasteiger partial charge on any atom is -0.493 e. The van der Waals surface area contributed by atoms with Crippen LogP contribution in [-0.4, -0.2) is 30.2 Å². The predicted molar refractivity (Wildman–Crippen MR) is 135 cm³/mol. The Bertz CT molecular complexity index is 1210. The maximum absolute atomic E-state index is 13.6. The molecule has 0 saturated carbocycles. The molecule has 0 radical (unpaired) electrons. The van der Waals surface area contributed by atoms with E-state index in [0.717, 1.165) is 11.3 Å². The lowest BCUT2D eigenvalue weighted by molar-refractivity contribution is -0.123. The Morgan fingerprint density at radius 3 is 2.21 bits per heavy atom. The summed E-state index contributed by atoms with van der Waals surface area (Å²) in [5, 5.41) is 1.08. The van der Waals surface area contributed by atoms with Crippen LogP contribution in [0.3, 0.4) is 0 Å². The molecule has 0 bridgehead atoms. The molecule has 7 heteroatoms. The van der Waals surface area contributed by atoms with Crippen molar-refractivity contribution >= 4 is 46.2 Å². The molecule has 4 rings (SSSR count). The molecule has 168 valence electrons. The number of hydrogen-bond donors (Lipinski definition) is 0. The van der Waals surface area contributed by atoms with Gasteiger partial charge < -0.3 is 9.47 Å². The molecule has 5 nitrogen and oxygen atoms in total. The number of benzene rings is 3. The summed E-state index contributed by atoms with van der Waals surface area (Å²) < 4.78 is 10.7. The highest BCUT2D eigenvalue weighted by atomic mass is 35.5. The summed E-state index contributed by atoms with van der Waals surface area (Å²) in [5.41, 5.74) is 2.47. The van der Waals surface area contributed by atoms with Gasteiger partial charge in [0.1, 0.15) is 0 Å². The molecule has 1 atom stereocenters. The van der Waals surface area contributed by atoms with E-state index in [1.807, 2.05) is 67.6 Å². The zero-order valence-corrected chi connectivity index (χ0v) is 20.1. The van der Waals surface area contributed by atoms with Gasteiger partial charge in [0.25, 0.3) is 5.91 Å². The van der Waals surface area contributed by atoms with Gasteiger partial charge >= 0.3 is 0 Å². The quantitative estimate of drug-likeness (QED) is 0.369. The lowest BCUT2D eigenvalue weighted by Gasteiger charge is -2.24. The third-order valence-electron chi connectivity index (χ3n) is 5.28. The van der Waals surface area contributed by atoms with E-state index in [4.69, 9.17) is 26.1 Å². The van der Waals surface area contributed by atoms with Crippen LogP contribution in [0.15, 0.2) is 82.7 Å². The van der Waals surface area contributed by atoms with Gasteiger partial charge in [-0.25, -0.2) is 4.99 Å². The number of amidine groups is 1. The molecule has 1 aliphatic heterocycles. The summed E-state index contributed by atoms with van der Waals surface area (Å²) in [5.74, 6) is 0.939. The summed E-state index contributed by atoms with van der Waals surface area (Å²) in [6, 6.07) is 22.8. The fourth-order valence-corrected chi connectivity index (χ4v) is 4.79. The first-order valence-electron chi connectivity index (χ1n) is 10.3. The Balaban J connectivity index is 1.77. The highest BCUT2D eigenvalue weighted by Crippen LogP contribution is 2.41. The van der Waals surface area contributed by atoms with Gasteiger partial charge in [-0.05, 0) is 54.1 Å². The predicted octanol–water partition coefficient (Wildman–Crippen LogP) is 6.72. The Hall–Kier alpha value is -3.22. The van der Waals surface area contributed by atoms with E-state index < -0.39 is 0 Å². The van der Waals surface area contributed by atoms with Crippen LogP contribution in [0.5, 0.6) is 11.5 Å². The van der Waals surface area contributed by atoms with E-state index in [1.165, 1.54) is 11.8 Å². The van der Waals surface area contributed by atoms with Crippen LogP contribution in [0.1, 0.15) is 24.1 Å². The molecule has 0 aromatic heterocycles. The van der Waals surface area contributed by atoms with Crippen LogP contribution in [-0.2, 0) is 4.79 Å². The average molecular weight is 479 g/mol. The first-order chi connectivity index (χ1) is 16.0. The van der Waals surface area contributed by atoms with Gasteiger partial charge in [0, 0.05) is 6.07 Å². The molecular weight excluding hydrogens is 456 g/mol. The normalized spacial score (nSPS) is 17.0. The van der Waals surface area contributed by atoms with Gasteiger partial charge in [-0.1, -0.05) is 60.1 Å². The van der Waals surface area contributed by atoms with Crippen LogP contribution in [0.25, 0.3) is 6.08 Å². The topological polar surface area (TPSA) is 51.1 Å². The smallest absolute Gasteiger partial charge is 0.267 e. The second-order valence-electron chi connectivity index (χ2n) is 7.33. The number of para-hydroxylation sites is 1. The molecule has 1 heterocycles. The standard InChI is InChI=1S/C26H23ClN2O3S/c1-17(18-10-6-4-7-11-18)29-25(30)24(33-26(29)28-20-12-8-5-9-13-20)15-19-14-22(31-2)23(32-3)16-21(19)27/h4-17H,1-3H3/b24-15+,28-26?/t17-/m0/s1. The van der Waals surface area contributed by atoms with Crippen molar-refractivity contribution in [2.45, 2.75) is 13.0 Å². The van der Waals surface area contributed by atoms with E-state index in [-0.39, 0.29) is 11.9 Å². The van der Waals surface area contributed by atoms with Crippen LogP contribution in [0.2, 0.25) is 5.02 Å². The second kappa shape index (κ2) is 10.1. The Morgan fingerprint density at radius 1 is 0.970 bits per heavy atom. The monoisotopic (exact) mass is 478 g/mol. The fourth-order valence-electron chi connectivity index (χ4n) is 3.52. The zero-order chi connectivity index (χ0) is 23.4.